The van der Waals surface area contributed by atoms with Crippen LogP contribution in [0.3, 0.4) is 0 Å². The maximum atomic E-state index is 4.18. The maximum absolute atomic E-state index is 4.18. The highest BCUT2D eigenvalue weighted by Gasteiger charge is 2.27. The van der Waals surface area contributed by atoms with Crippen LogP contribution in [0.2, 0.25) is 0 Å². The molecule has 6 nitrogen and oxygen atoms in total. The molecule has 0 spiro atoms. The van der Waals surface area contributed by atoms with Gasteiger partial charge in [-0.3, -0.25) is 0 Å². The van der Waals surface area contributed by atoms with E-state index in [4.69, 9.17) is 0 Å². The first kappa shape index (κ1) is 20.3. The van der Waals surface area contributed by atoms with Crippen molar-refractivity contribution in [2.45, 2.75) is 32.1 Å². The Morgan fingerprint density at radius 1 is 0.913 bits per heavy atom. The Kier molecular flexibility index (Phi) is 11.2. The molecule has 2 unspecified atom stereocenters. The van der Waals surface area contributed by atoms with Crippen molar-refractivity contribution in [1.29, 1.82) is 0 Å². The summed E-state index contributed by atoms with van der Waals surface area (Å²) in [6, 6.07) is 0. The summed E-state index contributed by atoms with van der Waals surface area (Å²) in [4.78, 5) is 0. The first-order chi connectivity index (χ1) is 11.2. The summed E-state index contributed by atoms with van der Waals surface area (Å²) in [6.45, 7) is 6.95. The lowest BCUT2D eigenvalue weighted by Gasteiger charge is -2.13. The molecule has 8 heteroatoms. The zero-order valence-corrected chi connectivity index (χ0v) is 15.8. The zero-order valence-electron chi connectivity index (χ0n) is 14.1. The maximum Gasteiger partial charge on any atom is 0.0973 e. The van der Waals surface area contributed by atoms with E-state index in [1.54, 1.807) is 23.5 Å². The van der Waals surface area contributed by atoms with E-state index in [0.29, 0.717) is 11.8 Å². The van der Waals surface area contributed by atoms with Crippen LogP contribution in [0, 0.1) is 11.8 Å². The molecule has 0 aliphatic heterocycles. The van der Waals surface area contributed by atoms with Gasteiger partial charge < -0.3 is 10.6 Å². The highest BCUT2D eigenvalue weighted by Crippen LogP contribution is 2.37. The van der Waals surface area contributed by atoms with Gasteiger partial charge in [0.1, 0.15) is 0 Å². The van der Waals surface area contributed by atoms with Gasteiger partial charge in [-0.25, -0.2) is 0 Å². The molecule has 130 valence electrons. The van der Waals surface area contributed by atoms with Crippen LogP contribution >= 0.6 is 23.5 Å². The third-order valence-electron chi connectivity index (χ3n) is 3.71. The second-order valence-corrected chi connectivity index (χ2v) is 7.61. The average molecular weight is 357 g/mol. The molecule has 0 bridgehead atoms. The molecule has 1 saturated carbocycles. The summed E-state index contributed by atoms with van der Waals surface area (Å²) in [5, 5.41) is 24.2. The van der Waals surface area contributed by atoms with Crippen molar-refractivity contribution in [2.24, 2.45) is 32.2 Å². The van der Waals surface area contributed by atoms with Crippen LogP contribution in [-0.2, 0) is 0 Å². The van der Waals surface area contributed by atoms with E-state index >= 15 is 0 Å². The quantitative estimate of drug-likeness (QED) is 0.273. The van der Waals surface area contributed by atoms with Gasteiger partial charge in [-0.1, -0.05) is 23.5 Å². The van der Waals surface area contributed by atoms with Crippen molar-refractivity contribution in [3.05, 3.63) is 0 Å². The molecule has 0 saturated heterocycles. The van der Waals surface area contributed by atoms with Gasteiger partial charge in [-0.2, -0.15) is 10.2 Å². The fraction of sp³-hybridized carbons (Fsp3) is 0.733. The molecule has 1 aliphatic rings. The minimum atomic E-state index is 0.678. The van der Waals surface area contributed by atoms with Gasteiger partial charge in [0.25, 0.3) is 0 Å². The summed E-state index contributed by atoms with van der Waals surface area (Å²) in [5.41, 5.74) is 0. The second-order valence-electron chi connectivity index (χ2n) is 5.51. The van der Waals surface area contributed by atoms with Crippen LogP contribution in [0.25, 0.3) is 0 Å². The minimum absolute atomic E-state index is 0.678. The fourth-order valence-electron chi connectivity index (χ4n) is 2.77. The number of thioether (sulfide) groups is 2. The van der Waals surface area contributed by atoms with Crippen LogP contribution in [0.1, 0.15) is 32.1 Å². The van der Waals surface area contributed by atoms with Gasteiger partial charge >= 0.3 is 0 Å². The van der Waals surface area contributed by atoms with Gasteiger partial charge in [-0.05, 0) is 45.2 Å². The number of hydrogen-bond donors (Lipinski definition) is 2. The van der Waals surface area contributed by atoms with E-state index in [2.05, 4.69) is 44.5 Å². The van der Waals surface area contributed by atoms with E-state index in [1.807, 2.05) is 14.1 Å². The molecule has 0 heterocycles. The second kappa shape index (κ2) is 12.7. The van der Waals surface area contributed by atoms with Gasteiger partial charge in [-0.15, -0.1) is 10.2 Å². The Bertz CT molecular complexity index is 386. The summed E-state index contributed by atoms with van der Waals surface area (Å²) in [6.07, 6.45) is 5.70. The van der Waals surface area contributed by atoms with E-state index in [9.17, 15) is 0 Å². The number of nitrogens with zero attached hydrogens (tertiary/aromatic N) is 4. The number of nitrogens with one attached hydrogen (secondary N) is 2. The minimum Gasteiger partial charge on any atom is -0.311 e. The Balaban J connectivity index is 2.46. The molecule has 1 aliphatic carbocycles. The van der Waals surface area contributed by atoms with E-state index < -0.39 is 0 Å². The molecule has 2 N–H and O–H groups in total. The van der Waals surface area contributed by atoms with Gasteiger partial charge in [0.2, 0.25) is 0 Å². The van der Waals surface area contributed by atoms with Crippen molar-refractivity contribution >= 4 is 47.0 Å². The van der Waals surface area contributed by atoms with E-state index in [-0.39, 0.29) is 0 Å². The molecule has 0 aromatic rings. The normalized spacial score (nSPS) is 22.3. The third-order valence-corrected chi connectivity index (χ3v) is 5.74. The summed E-state index contributed by atoms with van der Waals surface area (Å²) in [5.74, 6) is 3.06. The van der Waals surface area contributed by atoms with Crippen LogP contribution in [-0.4, -0.2) is 49.4 Å². The van der Waals surface area contributed by atoms with E-state index in [0.717, 1.165) is 34.7 Å². The first-order valence-corrected chi connectivity index (χ1v) is 9.80. The molecule has 1 fully saturated rings. The van der Waals surface area contributed by atoms with Gasteiger partial charge in [0.15, 0.2) is 0 Å². The van der Waals surface area contributed by atoms with Gasteiger partial charge in [0, 0.05) is 38.0 Å². The largest absolute Gasteiger partial charge is 0.311 e. The molecule has 1 rings (SSSR count). The van der Waals surface area contributed by atoms with Crippen molar-refractivity contribution in [3.8, 4) is 0 Å². The lowest BCUT2D eigenvalue weighted by Crippen LogP contribution is -2.11. The predicted octanol–water partition coefficient (Wildman–Crippen LogP) is 3.03. The lowest BCUT2D eigenvalue weighted by molar-refractivity contribution is 0.517. The standard InChI is InChI=1S/C15H28N6S2/c1-16-10-22-14(20-18-3)8-12-5-6-13(7-12)9-15(21-19-4)23-11-17-2/h12-13,16-17H,3-11H2,1-2H3/b20-14-,21-15-. The molecule has 0 aromatic heterocycles. The predicted molar refractivity (Wildman–Crippen MR) is 107 cm³/mol. The molecule has 0 amide bonds. The van der Waals surface area contributed by atoms with Crippen LogP contribution in [0.15, 0.2) is 20.4 Å². The summed E-state index contributed by atoms with van der Waals surface area (Å²) in [7, 11) is 3.88. The van der Waals surface area contributed by atoms with Crippen LogP contribution < -0.4 is 10.6 Å². The Morgan fingerprint density at radius 2 is 1.35 bits per heavy atom. The topological polar surface area (TPSA) is 73.5 Å². The fourth-order valence-corrected chi connectivity index (χ4v) is 4.33. The lowest BCUT2D eigenvalue weighted by atomic mass is 10.0. The SMILES string of the molecule is C=N/N=C(/CC1CCC(C/C(=N/N=C)SCNC)C1)SCNC. The smallest absolute Gasteiger partial charge is 0.0973 e. The van der Waals surface area contributed by atoms with E-state index in [1.165, 1.54) is 19.3 Å². The van der Waals surface area contributed by atoms with Crippen molar-refractivity contribution in [2.75, 3.05) is 25.8 Å². The van der Waals surface area contributed by atoms with Crippen molar-refractivity contribution < 1.29 is 0 Å². The molecule has 0 aromatic carbocycles. The molecule has 23 heavy (non-hydrogen) atoms. The summed E-state index contributed by atoms with van der Waals surface area (Å²) >= 11 is 3.43. The third kappa shape index (κ3) is 8.64. The Hall–Kier alpha value is -0.700. The molecular formula is C15H28N6S2. The number of hydrogen-bond acceptors (Lipinski definition) is 8. The monoisotopic (exact) mass is 356 g/mol. The highest BCUT2D eigenvalue weighted by molar-refractivity contribution is 8.14. The molecule has 0 radical (unpaired) electrons. The Morgan fingerprint density at radius 3 is 1.70 bits per heavy atom. The van der Waals surface area contributed by atoms with Crippen molar-refractivity contribution in [1.82, 2.24) is 10.6 Å². The molecule has 2 atom stereocenters. The Labute approximate surface area is 148 Å². The van der Waals surface area contributed by atoms with Crippen molar-refractivity contribution in [3.63, 3.8) is 0 Å². The average Bonchev–Trinajstić information content (AvgIpc) is 2.97. The van der Waals surface area contributed by atoms with Crippen LogP contribution in [0.5, 0.6) is 0 Å². The summed E-state index contributed by atoms with van der Waals surface area (Å²) < 4.78 is 0. The zero-order chi connectivity index (χ0) is 16.9. The first-order valence-electron chi connectivity index (χ1n) is 7.83. The molecular weight excluding hydrogens is 328 g/mol. The highest BCUT2D eigenvalue weighted by atomic mass is 32.2. The number of rotatable bonds is 10. The van der Waals surface area contributed by atoms with Gasteiger partial charge in [0.05, 0.1) is 10.1 Å². The van der Waals surface area contributed by atoms with Crippen LogP contribution in [0.4, 0.5) is 0 Å².